The van der Waals surface area contributed by atoms with Crippen molar-refractivity contribution in [2.24, 2.45) is 17.8 Å². The predicted molar refractivity (Wildman–Crippen MR) is 125 cm³/mol. The van der Waals surface area contributed by atoms with E-state index >= 15 is 0 Å². The van der Waals surface area contributed by atoms with Gasteiger partial charge in [0.15, 0.2) is 11.5 Å². The van der Waals surface area contributed by atoms with Gasteiger partial charge in [-0.05, 0) is 43.1 Å². The lowest BCUT2D eigenvalue weighted by atomic mass is 9.96. The summed E-state index contributed by atoms with van der Waals surface area (Å²) in [5.74, 6) is 3.20. The number of aromatic nitrogens is 5. The van der Waals surface area contributed by atoms with E-state index in [9.17, 15) is 4.79 Å². The van der Waals surface area contributed by atoms with Gasteiger partial charge in [-0.1, -0.05) is 13.8 Å². The number of carbonyl (C=O) groups excluding carboxylic acids is 1. The number of carbonyl (C=O) groups is 1. The zero-order valence-electron chi connectivity index (χ0n) is 19.5. The van der Waals surface area contributed by atoms with Crippen molar-refractivity contribution in [1.82, 2.24) is 30.0 Å². The summed E-state index contributed by atoms with van der Waals surface area (Å²) in [6.07, 6.45) is 2.88. The van der Waals surface area contributed by atoms with Gasteiger partial charge in [-0.2, -0.15) is 5.10 Å². The number of amides is 1. The number of imidazole rings is 1. The predicted octanol–water partition coefficient (Wildman–Crippen LogP) is 2.19. The number of nitrogens with zero attached hydrogens (tertiary/aromatic N) is 5. The van der Waals surface area contributed by atoms with E-state index in [4.69, 9.17) is 14.7 Å². The molecule has 2 N–H and O–H groups in total. The average Bonchev–Trinajstić information content (AvgIpc) is 3.17. The first kappa shape index (κ1) is 20.8. The van der Waals surface area contributed by atoms with Crippen LogP contribution in [0, 0.1) is 17.8 Å². The van der Waals surface area contributed by atoms with Crippen LogP contribution in [0.3, 0.4) is 0 Å². The number of aromatic amines is 2. The number of aryl methyl sites for hydroxylation is 1. The average molecular weight is 450 g/mol. The lowest BCUT2D eigenvalue weighted by Gasteiger charge is -2.28. The number of nitrogens with one attached hydrogen (secondary N) is 2. The maximum atomic E-state index is 13.0. The number of ether oxygens (including phenoxy) is 1. The molecule has 0 bridgehead atoms. The molecule has 0 spiro atoms. The molecular formula is C24H31N7O2. The minimum Gasteiger partial charge on any atom is -0.379 e. The molecule has 0 radical (unpaired) electrons. The quantitative estimate of drug-likeness (QED) is 0.619. The van der Waals surface area contributed by atoms with Crippen LogP contribution in [0.25, 0.3) is 22.7 Å². The SMILES string of the molecule is CCc1nc2nc(-c3n[nH]c4c3CC3C(C4)[C@H]3C)[nH]c2cc1N(C)C(=O)CN1CCOCC1. The van der Waals surface area contributed by atoms with E-state index in [2.05, 4.69) is 33.9 Å². The fourth-order valence-electron chi connectivity index (χ4n) is 5.59. The van der Waals surface area contributed by atoms with E-state index < -0.39 is 0 Å². The molecule has 9 heteroatoms. The summed E-state index contributed by atoms with van der Waals surface area (Å²) < 4.78 is 5.40. The van der Waals surface area contributed by atoms with Crippen molar-refractivity contribution >= 4 is 22.8 Å². The maximum Gasteiger partial charge on any atom is 0.240 e. The first-order valence-electron chi connectivity index (χ1n) is 12.1. The van der Waals surface area contributed by atoms with E-state index in [1.54, 1.807) is 4.90 Å². The molecule has 3 atom stereocenters. The van der Waals surface area contributed by atoms with Gasteiger partial charge < -0.3 is 14.6 Å². The van der Waals surface area contributed by atoms with Crippen LogP contribution in [0.15, 0.2) is 6.07 Å². The fourth-order valence-corrected chi connectivity index (χ4v) is 5.59. The zero-order valence-corrected chi connectivity index (χ0v) is 19.5. The Labute approximate surface area is 192 Å². The molecule has 1 saturated carbocycles. The summed E-state index contributed by atoms with van der Waals surface area (Å²) in [6, 6.07) is 2.01. The van der Waals surface area contributed by atoms with Crippen molar-refractivity contribution in [3.63, 3.8) is 0 Å². The van der Waals surface area contributed by atoms with E-state index in [0.29, 0.717) is 25.4 Å². The summed E-state index contributed by atoms with van der Waals surface area (Å²) in [7, 11) is 1.83. The normalized spacial score (nSPS) is 24.5. The van der Waals surface area contributed by atoms with Crippen molar-refractivity contribution in [1.29, 1.82) is 0 Å². The van der Waals surface area contributed by atoms with Crippen molar-refractivity contribution in [2.75, 3.05) is 44.8 Å². The third kappa shape index (κ3) is 3.54. The Kier molecular flexibility index (Phi) is 4.99. The van der Waals surface area contributed by atoms with Gasteiger partial charge in [0.1, 0.15) is 5.69 Å². The van der Waals surface area contributed by atoms with Gasteiger partial charge in [0, 0.05) is 31.4 Å². The van der Waals surface area contributed by atoms with Crippen LogP contribution in [0.5, 0.6) is 0 Å². The Morgan fingerprint density at radius 3 is 2.82 bits per heavy atom. The Hall–Kier alpha value is -2.78. The number of pyridine rings is 1. The maximum absolute atomic E-state index is 13.0. The molecule has 0 aromatic carbocycles. The molecule has 1 amide bonds. The molecule has 2 unspecified atom stereocenters. The number of fused-ring (bicyclic) bond motifs is 3. The third-order valence-corrected chi connectivity index (χ3v) is 7.88. The minimum atomic E-state index is 0.0574. The highest BCUT2D eigenvalue weighted by Gasteiger charge is 2.50. The summed E-state index contributed by atoms with van der Waals surface area (Å²) in [4.78, 5) is 29.9. The number of hydrogen-bond acceptors (Lipinski definition) is 6. The van der Waals surface area contributed by atoms with Crippen molar-refractivity contribution in [3.8, 4) is 11.5 Å². The number of H-pyrrole nitrogens is 2. The van der Waals surface area contributed by atoms with Crippen molar-refractivity contribution in [2.45, 2.75) is 33.1 Å². The summed E-state index contributed by atoms with van der Waals surface area (Å²) in [6.45, 7) is 7.73. The van der Waals surface area contributed by atoms with Crippen molar-refractivity contribution < 1.29 is 9.53 Å². The molecule has 3 aromatic heterocycles. The number of anilines is 1. The smallest absolute Gasteiger partial charge is 0.240 e. The lowest BCUT2D eigenvalue weighted by Crippen LogP contribution is -2.44. The molecular weight excluding hydrogens is 418 g/mol. The lowest BCUT2D eigenvalue weighted by molar-refractivity contribution is -0.120. The largest absolute Gasteiger partial charge is 0.379 e. The van der Waals surface area contributed by atoms with Crippen LogP contribution in [-0.4, -0.2) is 75.9 Å². The molecule has 33 heavy (non-hydrogen) atoms. The molecule has 3 aliphatic rings. The van der Waals surface area contributed by atoms with Crippen LogP contribution in [-0.2, 0) is 28.8 Å². The zero-order chi connectivity index (χ0) is 22.7. The second kappa shape index (κ2) is 7.92. The first-order valence-corrected chi connectivity index (χ1v) is 12.1. The molecule has 9 nitrogen and oxygen atoms in total. The van der Waals surface area contributed by atoms with Gasteiger partial charge in [-0.3, -0.25) is 14.8 Å². The van der Waals surface area contributed by atoms with Crippen molar-refractivity contribution in [3.05, 3.63) is 23.0 Å². The Balaban J connectivity index is 1.29. The number of morpholine rings is 1. The number of likely N-dealkylation sites (N-methyl/N-ethyl adjacent to an activating group) is 1. The van der Waals surface area contributed by atoms with E-state index in [0.717, 1.165) is 78.5 Å². The summed E-state index contributed by atoms with van der Waals surface area (Å²) >= 11 is 0. The number of rotatable bonds is 5. The van der Waals surface area contributed by atoms with Crippen LogP contribution in [0.4, 0.5) is 5.69 Å². The summed E-state index contributed by atoms with van der Waals surface area (Å²) in [5, 5.41) is 7.87. The molecule has 3 aromatic rings. The van der Waals surface area contributed by atoms with Crippen LogP contribution in [0.2, 0.25) is 0 Å². The molecule has 1 aliphatic heterocycles. The second-order valence-corrected chi connectivity index (χ2v) is 9.73. The standard InChI is InChI=1S/C24H31N7O2/c1-4-17-20(30(3)21(32)12-31-5-7-33-8-6-31)11-19-23(25-17)27-24(26-19)22-16-9-14-13(2)15(14)10-18(16)28-29-22/h11,13-15H,4-10,12H2,1-3H3,(H,28,29)(H,25,26,27)/t13-,14?,15?/m0/s1. The van der Waals surface area contributed by atoms with E-state index in [1.165, 1.54) is 11.3 Å². The Morgan fingerprint density at radius 2 is 2.03 bits per heavy atom. The van der Waals surface area contributed by atoms with Gasteiger partial charge in [-0.25, -0.2) is 9.97 Å². The molecule has 2 fully saturated rings. The van der Waals surface area contributed by atoms with Gasteiger partial charge in [0.05, 0.1) is 36.7 Å². The molecule has 1 saturated heterocycles. The topological polar surface area (TPSA) is 103 Å². The van der Waals surface area contributed by atoms with Gasteiger partial charge in [0.25, 0.3) is 0 Å². The van der Waals surface area contributed by atoms with Crippen LogP contribution >= 0.6 is 0 Å². The molecule has 4 heterocycles. The van der Waals surface area contributed by atoms with Gasteiger partial charge >= 0.3 is 0 Å². The van der Waals surface area contributed by atoms with Crippen LogP contribution in [0.1, 0.15) is 30.8 Å². The second-order valence-electron chi connectivity index (χ2n) is 9.73. The van der Waals surface area contributed by atoms with Crippen LogP contribution < -0.4 is 4.90 Å². The summed E-state index contributed by atoms with van der Waals surface area (Å²) in [5.41, 5.74) is 6.67. The highest BCUT2D eigenvalue weighted by molar-refractivity contribution is 5.96. The minimum absolute atomic E-state index is 0.0574. The third-order valence-electron chi connectivity index (χ3n) is 7.88. The van der Waals surface area contributed by atoms with Gasteiger partial charge in [-0.15, -0.1) is 0 Å². The van der Waals surface area contributed by atoms with Gasteiger partial charge in [0.2, 0.25) is 5.91 Å². The first-order chi connectivity index (χ1) is 16.0. The molecule has 174 valence electrons. The highest BCUT2D eigenvalue weighted by Crippen LogP contribution is 2.54. The fraction of sp³-hybridized carbons (Fsp3) is 0.583. The Bertz CT molecular complexity index is 1210. The van der Waals surface area contributed by atoms with E-state index in [1.807, 2.05) is 13.1 Å². The highest BCUT2D eigenvalue weighted by atomic mass is 16.5. The number of hydrogen-bond donors (Lipinski definition) is 2. The van der Waals surface area contributed by atoms with E-state index in [-0.39, 0.29) is 5.91 Å². The Morgan fingerprint density at radius 1 is 1.24 bits per heavy atom. The monoisotopic (exact) mass is 449 g/mol. The molecule has 6 rings (SSSR count). The molecule has 2 aliphatic carbocycles.